The van der Waals surface area contributed by atoms with Crippen molar-refractivity contribution in [3.05, 3.63) is 35.4 Å². The smallest absolute Gasteiger partial charge is 0.331 e. The lowest BCUT2D eigenvalue weighted by Crippen LogP contribution is -2.05. The third-order valence-electron chi connectivity index (χ3n) is 2.85. The largest absolute Gasteiger partial charge is 0.491 e. The minimum atomic E-state index is -0.457. The minimum Gasteiger partial charge on any atom is -0.491 e. The average Bonchev–Trinajstić information content (AvgIpc) is 2.46. The molecule has 0 aliphatic heterocycles. The molecule has 1 aromatic rings. The molecule has 1 rings (SSSR count). The highest BCUT2D eigenvalue weighted by Crippen LogP contribution is 2.25. The van der Waals surface area contributed by atoms with Crippen LogP contribution in [0, 0.1) is 6.92 Å². The number of aryl methyl sites for hydroxylation is 1. The lowest BCUT2D eigenvalue weighted by atomic mass is 9.97. The van der Waals surface area contributed by atoms with Crippen LogP contribution < -0.4 is 4.74 Å². The minimum absolute atomic E-state index is 0.0351. The molecule has 0 saturated carbocycles. The van der Waals surface area contributed by atoms with E-state index in [0.717, 1.165) is 16.7 Å². The number of hydrogen-bond donors (Lipinski definition) is 1. The van der Waals surface area contributed by atoms with Crippen LogP contribution in [-0.2, 0) is 9.63 Å². The maximum absolute atomic E-state index is 10.8. The molecule has 0 radical (unpaired) electrons. The normalized spacial score (nSPS) is 12.2. The van der Waals surface area contributed by atoms with Gasteiger partial charge in [0, 0.05) is 12.5 Å². The molecule has 0 bridgehead atoms. The molecule has 0 unspecified atom stereocenters. The highest BCUT2D eigenvalue weighted by Gasteiger charge is 2.10. The number of rotatable bonds is 6. The number of allylic oxidation sites excluding steroid dienone is 2. The first kappa shape index (κ1) is 16.9. The van der Waals surface area contributed by atoms with Gasteiger partial charge in [0.25, 0.3) is 0 Å². The molecule has 114 valence electrons. The van der Waals surface area contributed by atoms with Gasteiger partial charge in [-0.05, 0) is 44.0 Å². The topological polar surface area (TPSA) is 68.1 Å². The van der Waals surface area contributed by atoms with E-state index in [-0.39, 0.29) is 13.2 Å². The van der Waals surface area contributed by atoms with E-state index in [2.05, 4.69) is 9.99 Å². The van der Waals surface area contributed by atoms with Gasteiger partial charge >= 0.3 is 5.97 Å². The van der Waals surface area contributed by atoms with Gasteiger partial charge in [-0.1, -0.05) is 17.3 Å². The van der Waals surface area contributed by atoms with E-state index in [1.807, 2.05) is 38.1 Å². The van der Waals surface area contributed by atoms with Crippen LogP contribution in [0.4, 0.5) is 0 Å². The van der Waals surface area contributed by atoms with Crippen LogP contribution in [0.2, 0.25) is 0 Å². The summed E-state index contributed by atoms with van der Waals surface area (Å²) >= 11 is 0. The molecule has 5 heteroatoms. The van der Waals surface area contributed by atoms with E-state index >= 15 is 0 Å². The fourth-order valence-corrected chi connectivity index (χ4v) is 1.89. The molecule has 0 fully saturated rings. The number of aliphatic hydroxyl groups is 1. The number of oxime groups is 1. The Hall–Kier alpha value is -2.14. The van der Waals surface area contributed by atoms with Crippen LogP contribution in [0.15, 0.2) is 29.4 Å². The van der Waals surface area contributed by atoms with Crippen LogP contribution in [-0.4, -0.2) is 30.0 Å². The Morgan fingerprint density at radius 2 is 2.10 bits per heavy atom. The molecule has 0 aromatic heterocycles. The van der Waals surface area contributed by atoms with Crippen molar-refractivity contribution in [2.45, 2.75) is 27.7 Å². The molecular formula is C16H21NO4. The summed E-state index contributed by atoms with van der Waals surface area (Å²) in [6.07, 6.45) is 1.90. The van der Waals surface area contributed by atoms with Crippen molar-refractivity contribution in [3.8, 4) is 5.75 Å². The zero-order valence-corrected chi connectivity index (χ0v) is 12.8. The summed E-state index contributed by atoms with van der Waals surface area (Å²) in [6.45, 7) is 7.16. The lowest BCUT2D eigenvalue weighted by molar-refractivity contribution is -0.140. The Morgan fingerprint density at radius 3 is 2.67 bits per heavy atom. The number of hydrogen-bond acceptors (Lipinski definition) is 5. The van der Waals surface area contributed by atoms with Gasteiger partial charge in [0.15, 0.2) is 0 Å². The molecule has 0 aliphatic rings. The quantitative estimate of drug-likeness (QED) is 0.497. The molecule has 21 heavy (non-hydrogen) atoms. The van der Waals surface area contributed by atoms with Crippen molar-refractivity contribution in [1.82, 2.24) is 0 Å². The van der Waals surface area contributed by atoms with Gasteiger partial charge in [0.1, 0.15) is 12.4 Å². The highest BCUT2D eigenvalue weighted by molar-refractivity contribution is 6.22. The van der Waals surface area contributed by atoms with Crippen LogP contribution >= 0.6 is 0 Å². The molecule has 5 nitrogen and oxygen atoms in total. The number of carbonyl (C=O) groups excluding carboxylic acids is 1. The molecule has 0 atom stereocenters. The van der Waals surface area contributed by atoms with Gasteiger partial charge in [0.05, 0.1) is 12.3 Å². The number of ether oxygens (including phenoxy) is 1. The highest BCUT2D eigenvalue weighted by atomic mass is 16.7. The first-order valence-electron chi connectivity index (χ1n) is 6.73. The van der Waals surface area contributed by atoms with Crippen LogP contribution in [0.25, 0.3) is 5.57 Å². The lowest BCUT2D eigenvalue weighted by Gasteiger charge is -2.12. The Kier molecular flexibility index (Phi) is 6.62. The predicted molar refractivity (Wildman–Crippen MR) is 82.3 cm³/mol. The van der Waals surface area contributed by atoms with Crippen LogP contribution in [0.3, 0.4) is 0 Å². The monoisotopic (exact) mass is 291 g/mol. The van der Waals surface area contributed by atoms with E-state index in [4.69, 9.17) is 9.84 Å². The van der Waals surface area contributed by atoms with Gasteiger partial charge in [0.2, 0.25) is 0 Å². The summed E-state index contributed by atoms with van der Waals surface area (Å²) in [5.41, 5.74) is 3.47. The van der Waals surface area contributed by atoms with Crippen molar-refractivity contribution in [2.24, 2.45) is 5.16 Å². The van der Waals surface area contributed by atoms with Crippen LogP contribution in [0.5, 0.6) is 5.75 Å². The van der Waals surface area contributed by atoms with E-state index in [0.29, 0.717) is 11.5 Å². The zero-order valence-electron chi connectivity index (χ0n) is 12.8. The Balaban J connectivity index is 3.10. The second-order valence-corrected chi connectivity index (χ2v) is 4.51. The molecule has 0 aliphatic carbocycles. The summed E-state index contributed by atoms with van der Waals surface area (Å²) in [5, 5.41) is 12.6. The molecule has 1 N–H and O–H groups in total. The van der Waals surface area contributed by atoms with E-state index < -0.39 is 5.97 Å². The molecule has 0 heterocycles. The Bertz CT molecular complexity index is 561. The fraction of sp³-hybridized carbons (Fsp3) is 0.375. The number of carbonyl (C=O) groups is 1. The standard InChI is InChI=1S/C16H21NO4/c1-5-15(12(3)17-21-13(4)19)16-10-14(20-9-8-18)7-6-11(16)2/h5-7,10,18H,8-9H2,1-4H3/b15-5-,17-12+. The van der Waals surface area contributed by atoms with Gasteiger partial charge in [-0.2, -0.15) is 0 Å². The summed E-state index contributed by atoms with van der Waals surface area (Å²) in [4.78, 5) is 15.5. The van der Waals surface area contributed by atoms with Crippen molar-refractivity contribution >= 4 is 17.3 Å². The number of aliphatic hydroxyl groups excluding tert-OH is 1. The van der Waals surface area contributed by atoms with E-state index in [1.165, 1.54) is 6.92 Å². The summed E-state index contributed by atoms with van der Waals surface area (Å²) in [6, 6.07) is 5.66. The van der Waals surface area contributed by atoms with Crippen molar-refractivity contribution in [2.75, 3.05) is 13.2 Å². The Labute approximate surface area is 124 Å². The molecular weight excluding hydrogens is 270 g/mol. The third-order valence-corrected chi connectivity index (χ3v) is 2.85. The third kappa shape index (κ3) is 5.04. The summed E-state index contributed by atoms with van der Waals surface area (Å²) in [7, 11) is 0. The molecule has 1 aromatic carbocycles. The van der Waals surface area contributed by atoms with Crippen molar-refractivity contribution in [3.63, 3.8) is 0 Å². The SMILES string of the molecule is C/C=C(/C(C)=N/OC(C)=O)c1cc(OCCO)ccc1C. The predicted octanol–water partition coefficient (Wildman–Crippen LogP) is 2.71. The first-order valence-corrected chi connectivity index (χ1v) is 6.73. The van der Waals surface area contributed by atoms with E-state index in [1.54, 1.807) is 6.92 Å². The molecule has 0 amide bonds. The number of nitrogens with zero attached hydrogens (tertiary/aromatic N) is 1. The maximum Gasteiger partial charge on any atom is 0.331 e. The summed E-state index contributed by atoms with van der Waals surface area (Å²) < 4.78 is 5.42. The molecule has 0 saturated heterocycles. The van der Waals surface area contributed by atoms with Gasteiger partial charge in [-0.3, -0.25) is 0 Å². The molecule has 0 spiro atoms. The first-order chi connectivity index (χ1) is 9.99. The van der Waals surface area contributed by atoms with Gasteiger partial charge in [-0.25, -0.2) is 4.79 Å². The maximum atomic E-state index is 10.8. The zero-order chi connectivity index (χ0) is 15.8. The second kappa shape index (κ2) is 8.21. The van der Waals surface area contributed by atoms with Crippen LogP contribution in [0.1, 0.15) is 31.9 Å². The summed E-state index contributed by atoms with van der Waals surface area (Å²) in [5.74, 6) is 0.214. The van der Waals surface area contributed by atoms with Crippen molar-refractivity contribution in [1.29, 1.82) is 0 Å². The average molecular weight is 291 g/mol. The number of benzene rings is 1. The van der Waals surface area contributed by atoms with E-state index in [9.17, 15) is 4.79 Å². The van der Waals surface area contributed by atoms with Gasteiger partial charge < -0.3 is 14.7 Å². The van der Waals surface area contributed by atoms with Crippen molar-refractivity contribution < 1.29 is 19.5 Å². The Morgan fingerprint density at radius 1 is 1.38 bits per heavy atom. The fourth-order valence-electron chi connectivity index (χ4n) is 1.89. The van der Waals surface area contributed by atoms with Gasteiger partial charge in [-0.15, -0.1) is 0 Å². The second-order valence-electron chi connectivity index (χ2n) is 4.51.